The Morgan fingerprint density at radius 3 is 2.73 bits per heavy atom. The summed E-state index contributed by atoms with van der Waals surface area (Å²) in [7, 11) is 1.84. The molecule has 2 fully saturated rings. The molecule has 1 saturated heterocycles. The van der Waals surface area contributed by atoms with Crippen LogP contribution in [0.4, 0.5) is 0 Å². The van der Waals surface area contributed by atoms with Crippen LogP contribution in [0.1, 0.15) is 42.5 Å². The largest absolute Gasteiger partial charge is 0.354 e. The minimum atomic E-state index is 0.545. The van der Waals surface area contributed by atoms with E-state index in [1.165, 1.54) is 43.6 Å². The highest BCUT2D eigenvalue weighted by molar-refractivity contribution is 7.11. The third-order valence-electron chi connectivity index (χ3n) is 4.51. The lowest BCUT2D eigenvalue weighted by Gasteiger charge is -2.33. The molecule has 2 aliphatic rings. The summed E-state index contributed by atoms with van der Waals surface area (Å²) in [4.78, 5) is 12.8. The molecule has 2 heterocycles. The van der Waals surface area contributed by atoms with E-state index in [4.69, 9.17) is 0 Å². The van der Waals surface area contributed by atoms with Crippen LogP contribution in [0.5, 0.6) is 0 Å². The quantitative estimate of drug-likeness (QED) is 0.643. The topological polar surface area (TPSA) is 52.6 Å². The number of rotatable bonds is 5. The average molecular weight is 321 g/mol. The third-order valence-corrected chi connectivity index (χ3v) is 5.66. The molecule has 0 spiro atoms. The van der Waals surface area contributed by atoms with Crippen molar-refractivity contribution in [3.05, 3.63) is 16.1 Å². The van der Waals surface area contributed by atoms with Gasteiger partial charge in [0.25, 0.3) is 0 Å². The SMILES string of the molecule is CCc1cnc(CNC(=NC)NC2CCN(C3CC3)CC2)s1. The normalized spacial score (nSPS) is 21.1. The zero-order valence-corrected chi connectivity index (χ0v) is 14.5. The number of hydrogen-bond acceptors (Lipinski definition) is 4. The molecule has 0 radical (unpaired) electrons. The van der Waals surface area contributed by atoms with Crippen molar-refractivity contribution in [2.75, 3.05) is 20.1 Å². The maximum atomic E-state index is 4.44. The second kappa shape index (κ2) is 7.42. The number of aryl methyl sites for hydroxylation is 1. The van der Waals surface area contributed by atoms with Crippen LogP contribution >= 0.6 is 11.3 Å². The fourth-order valence-corrected chi connectivity index (χ4v) is 3.79. The van der Waals surface area contributed by atoms with E-state index in [0.717, 1.165) is 30.0 Å². The van der Waals surface area contributed by atoms with Crippen molar-refractivity contribution in [1.82, 2.24) is 20.5 Å². The fraction of sp³-hybridized carbons (Fsp3) is 0.750. The van der Waals surface area contributed by atoms with Crippen molar-refractivity contribution in [2.45, 2.75) is 57.7 Å². The Bertz CT molecular complexity index is 500. The summed E-state index contributed by atoms with van der Waals surface area (Å²) in [6.45, 7) is 5.38. The molecule has 0 bridgehead atoms. The van der Waals surface area contributed by atoms with Gasteiger partial charge in [0.15, 0.2) is 5.96 Å². The van der Waals surface area contributed by atoms with E-state index in [9.17, 15) is 0 Å². The molecular formula is C16H27N5S. The van der Waals surface area contributed by atoms with Gasteiger partial charge in [0, 0.05) is 43.3 Å². The summed E-state index contributed by atoms with van der Waals surface area (Å²) >= 11 is 1.78. The molecule has 122 valence electrons. The van der Waals surface area contributed by atoms with Gasteiger partial charge in [-0.3, -0.25) is 4.99 Å². The first kappa shape index (κ1) is 15.7. The van der Waals surface area contributed by atoms with Crippen molar-refractivity contribution in [3.63, 3.8) is 0 Å². The van der Waals surface area contributed by atoms with E-state index in [-0.39, 0.29) is 0 Å². The van der Waals surface area contributed by atoms with Gasteiger partial charge in [-0.25, -0.2) is 4.98 Å². The van der Waals surface area contributed by atoms with Crippen LogP contribution < -0.4 is 10.6 Å². The van der Waals surface area contributed by atoms with Gasteiger partial charge < -0.3 is 15.5 Å². The Morgan fingerprint density at radius 2 is 2.14 bits per heavy atom. The van der Waals surface area contributed by atoms with Crippen molar-refractivity contribution in [3.8, 4) is 0 Å². The smallest absolute Gasteiger partial charge is 0.191 e. The van der Waals surface area contributed by atoms with Crippen LogP contribution in [-0.2, 0) is 13.0 Å². The number of aromatic nitrogens is 1. The number of likely N-dealkylation sites (tertiary alicyclic amines) is 1. The summed E-state index contributed by atoms with van der Waals surface area (Å²) in [6.07, 6.45) is 8.29. The summed E-state index contributed by atoms with van der Waals surface area (Å²) in [5.74, 6) is 0.901. The number of nitrogens with one attached hydrogen (secondary N) is 2. The van der Waals surface area contributed by atoms with Gasteiger partial charge >= 0.3 is 0 Å². The average Bonchev–Trinajstić information content (AvgIpc) is 3.30. The predicted molar refractivity (Wildman–Crippen MR) is 92.4 cm³/mol. The number of thiazole rings is 1. The number of aliphatic imine (C=N–C) groups is 1. The Balaban J connectivity index is 1.42. The van der Waals surface area contributed by atoms with Gasteiger partial charge in [-0.1, -0.05) is 6.92 Å². The van der Waals surface area contributed by atoms with Crippen molar-refractivity contribution < 1.29 is 0 Å². The highest BCUT2D eigenvalue weighted by Crippen LogP contribution is 2.29. The number of piperidine rings is 1. The standard InChI is InChI=1S/C16H27N5S/c1-3-14-10-18-15(22-14)11-19-16(17-2)20-12-6-8-21(9-7-12)13-4-5-13/h10,12-13H,3-9,11H2,1-2H3,(H2,17,19,20). The van der Waals surface area contributed by atoms with Crippen LogP contribution in [0, 0.1) is 0 Å². The van der Waals surface area contributed by atoms with Crippen molar-refractivity contribution in [1.29, 1.82) is 0 Å². The van der Waals surface area contributed by atoms with Crippen LogP contribution in [0.25, 0.3) is 0 Å². The number of nitrogens with zero attached hydrogens (tertiary/aromatic N) is 3. The lowest BCUT2D eigenvalue weighted by Crippen LogP contribution is -2.48. The number of hydrogen-bond donors (Lipinski definition) is 2. The van der Waals surface area contributed by atoms with Crippen LogP contribution in [-0.4, -0.2) is 48.1 Å². The van der Waals surface area contributed by atoms with Crippen LogP contribution in [0.2, 0.25) is 0 Å². The van der Waals surface area contributed by atoms with E-state index < -0.39 is 0 Å². The minimum Gasteiger partial charge on any atom is -0.354 e. The zero-order chi connectivity index (χ0) is 15.4. The highest BCUT2D eigenvalue weighted by atomic mass is 32.1. The maximum absolute atomic E-state index is 4.44. The predicted octanol–water partition coefficient (Wildman–Crippen LogP) is 2.00. The van der Waals surface area contributed by atoms with E-state index in [0.29, 0.717) is 6.04 Å². The van der Waals surface area contributed by atoms with Gasteiger partial charge in [-0.2, -0.15) is 0 Å². The molecule has 1 saturated carbocycles. The molecule has 5 nitrogen and oxygen atoms in total. The van der Waals surface area contributed by atoms with E-state index >= 15 is 0 Å². The fourth-order valence-electron chi connectivity index (χ4n) is 2.99. The molecule has 0 atom stereocenters. The summed E-state index contributed by atoms with van der Waals surface area (Å²) in [5, 5.41) is 8.08. The van der Waals surface area contributed by atoms with E-state index in [1.807, 2.05) is 13.2 Å². The minimum absolute atomic E-state index is 0.545. The first-order chi connectivity index (χ1) is 10.8. The first-order valence-corrected chi connectivity index (χ1v) is 9.25. The van der Waals surface area contributed by atoms with Crippen LogP contribution in [0.15, 0.2) is 11.2 Å². The molecule has 0 aromatic carbocycles. The monoisotopic (exact) mass is 321 g/mol. The van der Waals surface area contributed by atoms with Crippen molar-refractivity contribution in [2.24, 2.45) is 4.99 Å². The van der Waals surface area contributed by atoms with Gasteiger partial charge in [0.1, 0.15) is 5.01 Å². The third kappa shape index (κ3) is 4.20. The number of guanidine groups is 1. The molecule has 1 aliphatic carbocycles. The first-order valence-electron chi connectivity index (χ1n) is 8.43. The van der Waals surface area contributed by atoms with Crippen LogP contribution in [0.3, 0.4) is 0 Å². The lowest BCUT2D eigenvalue weighted by molar-refractivity contribution is 0.197. The molecule has 22 heavy (non-hydrogen) atoms. The van der Waals surface area contributed by atoms with Gasteiger partial charge in [0.2, 0.25) is 0 Å². The summed E-state index contributed by atoms with van der Waals surface area (Å²) in [6, 6.07) is 1.44. The van der Waals surface area contributed by atoms with E-state index in [1.54, 1.807) is 11.3 Å². The second-order valence-electron chi connectivity index (χ2n) is 6.19. The van der Waals surface area contributed by atoms with Gasteiger partial charge in [-0.15, -0.1) is 11.3 Å². The molecule has 2 N–H and O–H groups in total. The highest BCUT2D eigenvalue weighted by Gasteiger charge is 2.31. The molecular weight excluding hydrogens is 294 g/mol. The molecule has 1 aromatic rings. The van der Waals surface area contributed by atoms with Gasteiger partial charge in [-0.05, 0) is 32.1 Å². The second-order valence-corrected chi connectivity index (χ2v) is 7.39. The molecule has 1 aliphatic heterocycles. The summed E-state index contributed by atoms with van der Waals surface area (Å²) < 4.78 is 0. The molecule has 3 rings (SSSR count). The van der Waals surface area contributed by atoms with E-state index in [2.05, 4.69) is 32.4 Å². The molecule has 6 heteroatoms. The maximum Gasteiger partial charge on any atom is 0.191 e. The molecule has 1 aromatic heterocycles. The zero-order valence-electron chi connectivity index (χ0n) is 13.6. The Morgan fingerprint density at radius 1 is 1.36 bits per heavy atom. The molecule has 0 unspecified atom stereocenters. The molecule has 0 amide bonds. The van der Waals surface area contributed by atoms with Crippen molar-refractivity contribution >= 4 is 17.3 Å². The lowest BCUT2D eigenvalue weighted by atomic mass is 10.1. The Labute approximate surface area is 137 Å². The Kier molecular flexibility index (Phi) is 5.31. The summed E-state index contributed by atoms with van der Waals surface area (Å²) in [5.41, 5.74) is 0. The van der Waals surface area contributed by atoms with Gasteiger partial charge in [0.05, 0.1) is 6.54 Å². The Hall–Kier alpha value is -1.14.